The Labute approximate surface area is 311 Å². The molecule has 11 rings (SSSR count). The van der Waals surface area contributed by atoms with Crippen molar-refractivity contribution >= 4 is 65.9 Å². The molecule has 0 spiro atoms. The van der Waals surface area contributed by atoms with Gasteiger partial charge in [0.15, 0.2) is 0 Å². The van der Waals surface area contributed by atoms with E-state index in [0.29, 0.717) is 0 Å². The van der Waals surface area contributed by atoms with Crippen LogP contribution in [0.5, 0.6) is 0 Å². The van der Waals surface area contributed by atoms with Crippen LogP contribution in [0.4, 0.5) is 0 Å². The van der Waals surface area contributed by atoms with Gasteiger partial charge in [-0.15, -0.1) is 0 Å². The summed E-state index contributed by atoms with van der Waals surface area (Å²) in [6.45, 7) is 0. The maximum absolute atomic E-state index is 5.25. The molecule has 0 bridgehead atoms. The van der Waals surface area contributed by atoms with Crippen LogP contribution in [0.3, 0.4) is 0 Å². The topological polar surface area (TPSA) is 47.1 Å². The number of aliphatic imine (C=N–C) groups is 1. The van der Waals surface area contributed by atoms with E-state index in [1.165, 1.54) is 43.4 Å². The highest BCUT2D eigenvalue weighted by atomic mass is 15.1. The Morgan fingerprint density at radius 1 is 0.481 bits per heavy atom. The molecule has 5 nitrogen and oxygen atoms in total. The number of para-hydroxylation sites is 3. The molecule has 4 heterocycles. The second-order valence-corrected chi connectivity index (χ2v) is 13.9. The molecule has 1 N–H and O–H groups in total. The molecule has 1 atom stereocenters. The van der Waals surface area contributed by atoms with Crippen LogP contribution in [0.1, 0.15) is 22.7 Å². The maximum atomic E-state index is 5.25. The van der Waals surface area contributed by atoms with Gasteiger partial charge in [0.2, 0.25) is 0 Å². The van der Waals surface area contributed by atoms with Gasteiger partial charge in [-0.1, -0.05) is 127 Å². The monoisotopic (exact) mass is 691 g/mol. The van der Waals surface area contributed by atoms with Gasteiger partial charge in [0.25, 0.3) is 0 Å². The second kappa shape index (κ2) is 12.2. The lowest BCUT2D eigenvalue weighted by atomic mass is 9.97. The van der Waals surface area contributed by atoms with E-state index in [1.807, 2.05) is 6.20 Å². The van der Waals surface area contributed by atoms with Crippen molar-refractivity contribution < 1.29 is 0 Å². The first-order valence-corrected chi connectivity index (χ1v) is 18.4. The Kier molecular flexibility index (Phi) is 6.85. The fourth-order valence-corrected chi connectivity index (χ4v) is 8.31. The van der Waals surface area contributed by atoms with Gasteiger partial charge in [-0.3, -0.25) is 4.57 Å². The van der Waals surface area contributed by atoms with Gasteiger partial charge in [0.05, 0.1) is 33.8 Å². The van der Waals surface area contributed by atoms with Gasteiger partial charge in [-0.25, -0.2) is 9.98 Å². The second-order valence-electron chi connectivity index (χ2n) is 13.9. The van der Waals surface area contributed by atoms with E-state index in [4.69, 9.17) is 9.98 Å². The highest BCUT2D eigenvalue weighted by Gasteiger charge is 2.22. The minimum Gasteiger partial charge on any atom is -0.359 e. The number of benzene rings is 7. The molecule has 1 aliphatic rings. The molecule has 1 aliphatic heterocycles. The summed E-state index contributed by atoms with van der Waals surface area (Å²) in [5, 5.41) is 11.0. The van der Waals surface area contributed by atoms with Crippen molar-refractivity contribution in [3.8, 4) is 11.5 Å². The van der Waals surface area contributed by atoms with E-state index < -0.39 is 0 Å². The zero-order valence-electron chi connectivity index (χ0n) is 29.3. The summed E-state index contributed by atoms with van der Waals surface area (Å²) < 4.78 is 4.67. The van der Waals surface area contributed by atoms with Gasteiger partial charge < -0.3 is 9.88 Å². The lowest BCUT2D eigenvalue weighted by Gasteiger charge is -2.25. The molecule has 254 valence electrons. The Morgan fingerprint density at radius 3 is 1.85 bits per heavy atom. The Hall–Kier alpha value is -7.24. The van der Waals surface area contributed by atoms with Crippen LogP contribution in [-0.2, 0) is 0 Å². The molecule has 0 amide bonds. The molecular formula is C49H33N5. The van der Waals surface area contributed by atoms with Gasteiger partial charge in [0, 0.05) is 44.6 Å². The molecule has 3 aromatic heterocycles. The van der Waals surface area contributed by atoms with Crippen molar-refractivity contribution in [1.29, 1.82) is 0 Å². The third-order valence-corrected chi connectivity index (χ3v) is 10.8. The molecule has 0 fully saturated rings. The van der Waals surface area contributed by atoms with Crippen LogP contribution in [0.2, 0.25) is 0 Å². The highest BCUT2D eigenvalue weighted by molar-refractivity contribution is 6.19. The van der Waals surface area contributed by atoms with Crippen molar-refractivity contribution in [2.75, 3.05) is 0 Å². The van der Waals surface area contributed by atoms with E-state index in [1.54, 1.807) is 0 Å². The Balaban J connectivity index is 1.07. The largest absolute Gasteiger partial charge is 0.359 e. The standard InChI is InChI=1S/C49H33N5/c1-3-15-33(16-4-1)42-29-43(37-23-13-17-32-14-7-8-20-36(32)37)52-49(51-42)34-26-27-48(50-31-34)54-45-25-12-10-22-39(45)41-28-40-38-21-9-11-24-44(38)53(46(40)30-47(41)54)35-18-5-2-6-19-35/h1-31,42H,(H,51,52). The summed E-state index contributed by atoms with van der Waals surface area (Å²) in [7, 11) is 0. The number of amidine groups is 1. The number of rotatable bonds is 5. The summed E-state index contributed by atoms with van der Waals surface area (Å²) in [6, 6.07) is 62.4. The minimum absolute atomic E-state index is 0.0524. The van der Waals surface area contributed by atoms with Gasteiger partial charge in [0.1, 0.15) is 11.7 Å². The first-order valence-electron chi connectivity index (χ1n) is 18.4. The quantitative estimate of drug-likeness (QED) is 0.195. The van der Waals surface area contributed by atoms with E-state index in [9.17, 15) is 0 Å². The van der Waals surface area contributed by atoms with Crippen molar-refractivity contribution in [3.05, 3.63) is 205 Å². The molecule has 7 aromatic carbocycles. The average molecular weight is 692 g/mol. The van der Waals surface area contributed by atoms with Crippen molar-refractivity contribution in [1.82, 2.24) is 19.4 Å². The van der Waals surface area contributed by atoms with E-state index in [-0.39, 0.29) is 6.04 Å². The number of fused-ring (bicyclic) bond motifs is 7. The zero-order valence-corrected chi connectivity index (χ0v) is 29.3. The minimum atomic E-state index is -0.0524. The smallest absolute Gasteiger partial charge is 0.137 e. The van der Waals surface area contributed by atoms with E-state index in [2.05, 4.69) is 196 Å². The summed E-state index contributed by atoms with van der Waals surface area (Å²) in [5.74, 6) is 1.65. The number of hydrogen-bond donors (Lipinski definition) is 1. The third-order valence-electron chi connectivity index (χ3n) is 10.8. The third kappa shape index (κ3) is 4.79. The molecular weight excluding hydrogens is 659 g/mol. The number of nitrogens with zero attached hydrogens (tertiary/aromatic N) is 4. The van der Waals surface area contributed by atoms with Crippen LogP contribution < -0.4 is 5.32 Å². The van der Waals surface area contributed by atoms with Gasteiger partial charge in [-0.05, 0) is 70.9 Å². The lowest BCUT2D eigenvalue weighted by Crippen LogP contribution is -2.31. The number of aromatic nitrogens is 3. The number of nitrogens with one attached hydrogen (secondary N) is 1. The first-order chi connectivity index (χ1) is 26.8. The number of pyridine rings is 1. The predicted octanol–water partition coefficient (Wildman–Crippen LogP) is 11.6. The fourth-order valence-electron chi connectivity index (χ4n) is 8.31. The van der Waals surface area contributed by atoms with Crippen LogP contribution >= 0.6 is 0 Å². The Morgan fingerprint density at radius 2 is 1.11 bits per heavy atom. The molecule has 54 heavy (non-hydrogen) atoms. The van der Waals surface area contributed by atoms with Crippen molar-refractivity contribution in [3.63, 3.8) is 0 Å². The first kappa shape index (κ1) is 30.4. The predicted molar refractivity (Wildman–Crippen MR) is 224 cm³/mol. The number of hydrogen-bond acceptors (Lipinski definition) is 3. The van der Waals surface area contributed by atoms with E-state index >= 15 is 0 Å². The zero-order chi connectivity index (χ0) is 35.6. The molecule has 10 aromatic rings. The van der Waals surface area contributed by atoms with Crippen molar-refractivity contribution in [2.45, 2.75) is 6.04 Å². The highest BCUT2D eigenvalue weighted by Crippen LogP contribution is 2.39. The maximum Gasteiger partial charge on any atom is 0.137 e. The van der Waals surface area contributed by atoms with Crippen LogP contribution in [0, 0.1) is 0 Å². The molecule has 0 radical (unpaired) electrons. The summed E-state index contributed by atoms with van der Waals surface area (Å²) in [6.07, 6.45) is 4.19. The van der Waals surface area contributed by atoms with Crippen LogP contribution in [-0.4, -0.2) is 20.0 Å². The molecule has 0 saturated heterocycles. The fraction of sp³-hybridized carbons (Fsp3) is 0.0204. The molecule has 0 aliphatic carbocycles. The molecule has 1 unspecified atom stereocenters. The lowest BCUT2D eigenvalue weighted by molar-refractivity contribution is 0.780. The summed E-state index contributed by atoms with van der Waals surface area (Å²) in [4.78, 5) is 10.4. The normalized spacial score (nSPS) is 14.5. The van der Waals surface area contributed by atoms with E-state index in [0.717, 1.165) is 50.7 Å². The van der Waals surface area contributed by atoms with Crippen LogP contribution in [0.15, 0.2) is 193 Å². The average Bonchev–Trinajstić information content (AvgIpc) is 3.75. The summed E-state index contributed by atoms with van der Waals surface area (Å²) in [5.41, 5.74) is 9.89. The van der Waals surface area contributed by atoms with Gasteiger partial charge >= 0.3 is 0 Å². The molecule has 0 saturated carbocycles. The Bertz CT molecular complexity index is 3110. The molecule has 5 heteroatoms. The summed E-state index contributed by atoms with van der Waals surface area (Å²) >= 11 is 0. The van der Waals surface area contributed by atoms with Crippen LogP contribution in [0.25, 0.3) is 71.6 Å². The SMILES string of the molecule is C1=C(c2cccc3ccccc23)N=C(c2ccc(-n3c4ccccc4c4cc5c6ccccc6n(-c6ccccc6)c5cc43)nc2)NC1c1ccccc1. The van der Waals surface area contributed by atoms with Gasteiger partial charge in [-0.2, -0.15) is 0 Å². The van der Waals surface area contributed by atoms with Crippen molar-refractivity contribution in [2.24, 2.45) is 4.99 Å².